The van der Waals surface area contributed by atoms with Gasteiger partial charge in [0.05, 0.1) is 0 Å². The fourth-order valence-corrected chi connectivity index (χ4v) is 2.33. The summed E-state index contributed by atoms with van der Waals surface area (Å²) in [5.74, 6) is 0.953. The Labute approximate surface area is 107 Å². The van der Waals surface area contributed by atoms with Crippen molar-refractivity contribution < 1.29 is 4.74 Å². The first-order chi connectivity index (χ1) is 8.74. The molecule has 3 rings (SSSR count). The highest BCUT2D eigenvalue weighted by Gasteiger charge is 2.19. The van der Waals surface area contributed by atoms with Gasteiger partial charge in [0.2, 0.25) is 0 Å². The quantitative estimate of drug-likeness (QED) is 0.832. The number of nitrogens with zero attached hydrogens (tertiary/aromatic N) is 1. The van der Waals surface area contributed by atoms with Crippen LogP contribution < -0.4 is 10.5 Å². The van der Waals surface area contributed by atoms with Gasteiger partial charge < -0.3 is 10.5 Å². The molecule has 2 N–H and O–H groups in total. The molecule has 18 heavy (non-hydrogen) atoms. The number of hydrogen-bond acceptors (Lipinski definition) is 3. The second-order valence-electron chi connectivity index (χ2n) is 4.75. The first-order valence-electron chi connectivity index (χ1n) is 6.17. The van der Waals surface area contributed by atoms with Gasteiger partial charge in [-0.1, -0.05) is 18.2 Å². The van der Waals surface area contributed by atoms with E-state index in [9.17, 15) is 0 Å². The van der Waals surface area contributed by atoms with Crippen molar-refractivity contribution in [2.75, 3.05) is 6.61 Å². The molecular weight excluding hydrogens is 224 g/mol. The highest BCUT2D eigenvalue weighted by molar-refractivity contribution is 5.70. The summed E-state index contributed by atoms with van der Waals surface area (Å²) in [6.07, 6.45) is 2.77. The minimum Gasteiger partial charge on any atom is -0.492 e. The van der Waals surface area contributed by atoms with E-state index in [1.54, 1.807) is 0 Å². The maximum Gasteiger partial charge on any atom is 0.123 e. The lowest BCUT2D eigenvalue weighted by molar-refractivity contribution is 0.264. The van der Waals surface area contributed by atoms with E-state index >= 15 is 0 Å². The van der Waals surface area contributed by atoms with E-state index in [4.69, 9.17) is 10.5 Å². The zero-order chi connectivity index (χ0) is 12.5. The molecule has 0 radical (unpaired) electrons. The Morgan fingerprint density at radius 1 is 1.28 bits per heavy atom. The molecule has 0 aliphatic carbocycles. The minimum atomic E-state index is 0.0806. The van der Waals surface area contributed by atoms with Crippen molar-refractivity contribution in [2.24, 2.45) is 5.73 Å². The Morgan fingerprint density at radius 2 is 2.17 bits per heavy atom. The summed E-state index contributed by atoms with van der Waals surface area (Å²) < 4.78 is 5.68. The highest BCUT2D eigenvalue weighted by Crippen LogP contribution is 2.33. The molecule has 0 saturated carbocycles. The van der Waals surface area contributed by atoms with Crippen molar-refractivity contribution in [2.45, 2.75) is 19.4 Å². The molecule has 0 spiro atoms. The largest absolute Gasteiger partial charge is 0.492 e. The average molecular weight is 240 g/mol. The average Bonchev–Trinajstić information content (AvgIpc) is 2.39. The number of rotatable bonds is 1. The van der Waals surface area contributed by atoms with Gasteiger partial charge in [-0.2, -0.15) is 0 Å². The fourth-order valence-electron chi connectivity index (χ4n) is 2.33. The van der Waals surface area contributed by atoms with Gasteiger partial charge in [-0.05, 0) is 31.0 Å². The maximum atomic E-state index is 5.98. The van der Waals surface area contributed by atoms with Crippen LogP contribution in [0.25, 0.3) is 11.1 Å². The van der Waals surface area contributed by atoms with Gasteiger partial charge in [0.25, 0.3) is 0 Å². The van der Waals surface area contributed by atoms with Crippen LogP contribution in [0.2, 0.25) is 0 Å². The molecule has 3 nitrogen and oxygen atoms in total. The molecule has 0 unspecified atom stereocenters. The molecule has 3 heteroatoms. The van der Waals surface area contributed by atoms with Gasteiger partial charge in [-0.3, -0.25) is 4.98 Å². The standard InChI is InChI=1S/C15H16N2O/c1-10-5-6-11(8-17-10)13-3-2-4-15-14(13)7-12(16)9-18-15/h2-6,8,12H,7,9,16H2,1H3/t12-/m0/s1. The maximum absolute atomic E-state index is 5.98. The van der Waals surface area contributed by atoms with Crippen LogP contribution in [0.4, 0.5) is 0 Å². The summed E-state index contributed by atoms with van der Waals surface area (Å²) >= 11 is 0. The fraction of sp³-hybridized carbons (Fsp3) is 0.267. The van der Waals surface area contributed by atoms with Crippen molar-refractivity contribution in [3.8, 4) is 16.9 Å². The molecular formula is C15H16N2O. The van der Waals surface area contributed by atoms with Gasteiger partial charge in [0.1, 0.15) is 12.4 Å². The molecule has 0 bridgehead atoms. The third kappa shape index (κ3) is 1.97. The van der Waals surface area contributed by atoms with Gasteiger partial charge in [-0.25, -0.2) is 0 Å². The number of hydrogen-bond donors (Lipinski definition) is 1. The summed E-state index contributed by atoms with van der Waals surface area (Å²) in [5.41, 5.74) is 10.5. The van der Waals surface area contributed by atoms with E-state index < -0.39 is 0 Å². The van der Waals surface area contributed by atoms with Gasteiger partial charge in [0, 0.05) is 29.1 Å². The normalized spacial score (nSPS) is 18.0. The zero-order valence-corrected chi connectivity index (χ0v) is 10.4. The Bertz CT molecular complexity index is 563. The van der Waals surface area contributed by atoms with Crippen LogP contribution in [0.15, 0.2) is 36.5 Å². The molecule has 1 aromatic heterocycles. The topological polar surface area (TPSA) is 48.1 Å². The number of nitrogens with two attached hydrogens (primary N) is 1. The van der Waals surface area contributed by atoms with Crippen LogP contribution in [0.5, 0.6) is 5.75 Å². The van der Waals surface area contributed by atoms with E-state index in [1.165, 1.54) is 11.1 Å². The van der Waals surface area contributed by atoms with Gasteiger partial charge in [-0.15, -0.1) is 0 Å². The monoisotopic (exact) mass is 240 g/mol. The number of aryl methyl sites for hydroxylation is 1. The number of pyridine rings is 1. The lowest BCUT2D eigenvalue weighted by atomic mass is 9.94. The van der Waals surface area contributed by atoms with E-state index in [0.717, 1.165) is 23.4 Å². The lowest BCUT2D eigenvalue weighted by Gasteiger charge is -2.24. The smallest absolute Gasteiger partial charge is 0.123 e. The Balaban J connectivity index is 2.09. The summed E-state index contributed by atoms with van der Waals surface area (Å²) in [7, 11) is 0. The van der Waals surface area contributed by atoms with Crippen LogP contribution in [-0.2, 0) is 6.42 Å². The van der Waals surface area contributed by atoms with Crippen molar-refractivity contribution in [1.29, 1.82) is 0 Å². The van der Waals surface area contributed by atoms with E-state index in [2.05, 4.69) is 17.1 Å². The molecule has 0 saturated heterocycles. The lowest BCUT2D eigenvalue weighted by Crippen LogP contribution is -2.34. The number of ether oxygens (including phenoxy) is 1. The summed E-state index contributed by atoms with van der Waals surface area (Å²) in [5, 5.41) is 0. The van der Waals surface area contributed by atoms with Crippen LogP contribution in [0.3, 0.4) is 0 Å². The van der Waals surface area contributed by atoms with Gasteiger partial charge >= 0.3 is 0 Å². The van der Waals surface area contributed by atoms with E-state index in [-0.39, 0.29) is 6.04 Å². The van der Waals surface area contributed by atoms with Crippen molar-refractivity contribution in [3.63, 3.8) is 0 Å². The Morgan fingerprint density at radius 3 is 2.94 bits per heavy atom. The van der Waals surface area contributed by atoms with E-state index in [1.807, 2.05) is 31.3 Å². The van der Waals surface area contributed by atoms with E-state index in [0.29, 0.717) is 6.61 Å². The van der Waals surface area contributed by atoms with Gasteiger partial charge in [0.15, 0.2) is 0 Å². The summed E-state index contributed by atoms with van der Waals surface area (Å²) in [6, 6.07) is 10.3. The summed E-state index contributed by atoms with van der Waals surface area (Å²) in [4.78, 5) is 4.35. The highest BCUT2D eigenvalue weighted by atomic mass is 16.5. The van der Waals surface area contributed by atoms with Crippen molar-refractivity contribution >= 4 is 0 Å². The predicted molar refractivity (Wildman–Crippen MR) is 71.6 cm³/mol. The molecule has 1 aromatic carbocycles. The molecule has 2 aromatic rings. The third-order valence-electron chi connectivity index (χ3n) is 3.27. The van der Waals surface area contributed by atoms with Crippen LogP contribution >= 0.6 is 0 Å². The number of benzene rings is 1. The zero-order valence-electron chi connectivity index (χ0n) is 10.4. The van der Waals surface area contributed by atoms with Crippen LogP contribution in [0.1, 0.15) is 11.3 Å². The second-order valence-corrected chi connectivity index (χ2v) is 4.75. The SMILES string of the molecule is Cc1ccc(-c2cccc3c2C[C@H](N)CO3)cn1. The molecule has 2 heterocycles. The molecule has 0 amide bonds. The third-order valence-corrected chi connectivity index (χ3v) is 3.27. The van der Waals surface area contributed by atoms with Crippen LogP contribution in [-0.4, -0.2) is 17.6 Å². The number of aromatic nitrogens is 1. The van der Waals surface area contributed by atoms with Crippen molar-refractivity contribution in [1.82, 2.24) is 4.98 Å². The molecule has 1 atom stereocenters. The first kappa shape index (κ1) is 11.2. The molecule has 92 valence electrons. The summed E-state index contributed by atoms with van der Waals surface area (Å²) in [6.45, 7) is 2.59. The van der Waals surface area contributed by atoms with Crippen LogP contribution in [0, 0.1) is 6.92 Å². The van der Waals surface area contributed by atoms with Crippen molar-refractivity contribution in [3.05, 3.63) is 47.8 Å². The molecule has 1 aliphatic heterocycles. The number of fused-ring (bicyclic) bond motifs is 1. The molecule has 1 aliphatic rings. The Kier molecular flexibility index (Phi) is 2.76. The minimum absolute atomic E-state index is 0.0806. The Hall–Kier alpha value is -1.87. The molecule has 0 fully saturated rings. The second kappa shape index (κ2) is 4.42. The first-order valence-corrected chi connectivity index (χ1v) is 6.17. The predicted octanol–water partition coefficient (Wildman–Crippen LogP) is 2.32.